The van der Waals surface area contributed by atoms with Crippen LogP contribution in [0.25, 0.3) is 0 Å². The molecule has 4 aromatic rings. The molecule has 0 spiro atoms. The molecule has 0 bridgehead atoms. The Kier molecular flexibility index (Phi) is 7.23. The smallest absolute Gasteiger partial charge is 0.294 e. The minimum absolute atomic E-state index is 0.0488. The number of furan rings is 1. The van der Waals surface area contributed by atoms with Gasteiger partial charge in [-0.1, -0.05) is 72.3 Å². The number of benzene rings is 3. The normalized spacial score (nSPS) is 11.6. The van der Waals surface area contributed by atoms with Crippen molar-refractivity contribution in [3.8, 4) is 0 Å². The van der Waals surface area contributed by atoms with Crippen molar-refractivity contribution in [3.63, 3.8) is 0 Å². The first-order chi connectivity index (χ1) is 16.5. The van der Waals surface area contributed by atoms with E-state index in [1.807, 2.05) is 92.7 Å². The molecule has 1 N–H and O–H groups in total. The van der Waals surface area contributed by atoms with Gasteiger partial charge in [-0.05, 0) is 54.8 Å². The van der Waals surface area contributed by atoms with Crippen molar-refractivity contribution in [1.82, 2.24) is 5.32 Å². The summed E-state index contributed by atoms with van der Waals surface area (Å²) >= 11 is 0. The van der Waals surface area contributed by atoms with Gasteiger partial charge in [0.2, 0.25) is 5.91 Å². The Morgan fingerprint density at radius 2 is 1.53 bits per heavy atom. The number of nitrogens with one attached hydrogen (secondary N) is 1. The topological polar surface area (TPSA) is 62.6 Å². The molecule has 0 saturated heterocycles. The molecule has 0 radical (unpaired) electrons. The lowest BCUT2D eigenvalue weighted by Crippen LogP contribution is -2.30. The number of rotatable bonds is 8. The summed E-state index contributed by atoms with van der Waals surface area (Å²) in [6.07, 6.45) is 1.76. The van der Waals surface area contributed by atoms with E-state index < -0.39 is 0 Å². The van der Waals surface area contributed by atoms with Crippen molar-refractivity contribution in [2.24, 2.45) is 0 Å². The van der Waals surface area contributed by atoms with Gasteiger partial charge in [0.15, 0.2) is 5.76 Å². The molecule has 1 unspecified atom stereocenters. The molecule has 1 heterocycles. The van der Waals surface area contributed by atoms with Crippen LogP contribution in [0.15, 0.2) is 102 Å². The van der Waals surface area contributed by atoms with Crippen molar-refractivity contribution in [3.05, 3.63) is 125 Å². The molecular weight excluding hydrogens is 424 g/mol. The van der Waals surface area contributed by atoms with Crippen molar-refractivity contribution < 1.29 is 14.0 Å². The third kappa shape index (κ3) is 5.81. The number of carbonyl (C=O) groups is 2. The predicted molar refractivity (Wildman–Crippen MR) is 134 cm³/mol. The predicted octanol–water partition coefficient (Wildman–Crippen LogP) is 5.85. The molecule has 0 aliphatic heterocycles. The highest BCUT2D eigenvalue weighted by Crippen LogP contribution is 2.22. The van der Waals surface area contributed by atoms with E-state index in [9.17, 15) is 9.59 Å². The first kappa shape index (κ1) is 23.1. The quantitative estimate of drug-likeness (QED) is 0.364. The molecule has 2 amide bonds. The number of aryl methyl sites for hydroxylation is 1. The minimum Gasteiger partial charge on any atom is -0.459 e. The van der Waals surface area contributed by atoms with Crippen molar-refractivity contribution in [1.29, 1.82) is 0 Å². The van der Waals surface area contributed by atoms with Crippen LogP contribution in [0.5, 0.6) is 0 Å². The van der Waals surface area contributed by atoms with Crippen molar-refractivity contribution in [2.75, 3.05) is 4.90 Å². The van der Waals surface area contributed by atoms with E-state index >= 15 is 0 Å². The molecule has 3 aromatic carbocycles. The van der Waals surface area contributed by atoms with Gasteiger partial charge in [-0.15, -0.1) is 0 Å². The number of nitrogens with zero attached hydrogens (tertiary/aromatic N) is 1. The maximum atomic E-state index is 13.2. The van der Waals surface area contributed by atoms with E-state index in [1.165, 1.54) is 6.26 Å². The van der Waals surface area contributed by atoms with Gasteiger partial charge in [0.05, 0.1) is 25.3 Å². The zero-order chi connectivity index (χ0) is 23.9. The van der Waals surface area contributed by atoms with E-state index in [0.29, 0.717) is 6.54 Å². The number of anilines is 1. The van der Waals surface area contributed by atoms with Gasteiger partial charge in [0.25, 0.3) is 5.91 Å². The third-order valence-electron chi connectivity index (χ3n) is 5.73. The van der Waals surface area contributed by atoms with Gasteiger partial charge >= 0.3 is 0 Å². The highest BCUT2D eigenvalue weighted by atomic mass is 16.3. The molecule has 5 heteroatoms. The molecule has 0 fully saturated rings. The Morgan fingerprint density at radius 3 is 2.18 bits per heavy atom. The van der Waals surface area contributed by atoms with E-state index in [0.717, 1.165) is 27.9 Å². The molecule has 0 saturated carbocycles. The summed E-state index contributed by atoms with van der Waals surface area (Å²) in [6.45, 7) is 4.42. The van der Waals surface area contributed by atoms with Gasteiger partial charge in [0.1, 0.15) is 0 Å². The Morgan fingerprint density at radius 1 is 0.853 bits per heavy atom. The van der Waals surface area contributed by atoms with Crippen LogP contribution in [0.3, 0.4) is 0 Å². The molecule has 1 atom stereocenters. The van der Waals surface area contributed by atoms with Crippen molar-refractivity contribution in [2.45, 2.75) is 32.9 Å². The molecule has 5 nitrogen and oxygen atoms in total. The number of amides is 2. The van der Waals surface area contributed by atoms with Crippen LogP contribution in [0.2, 0.25) is 0 Å². The summed E-state index contributed by atoms with van der Waals surface area (Å²) in [4.78, 5) is 27.4. The summed E-state index contributed by atoms with van der Waals surface area (Å²) in [5.41, 5.74) is 4.86. The molecule has 0 aliphatic rings. The second-order valence-corrected chi connectivity index (χ2v) is 8.40. The van der Waals surface area contributed by atoms with Crippen LogP contribution in [0.4, 0.5) is 5.69 Å². The molecule has 4 rings (SSSR count). The highest BCUT2D eigenvalue weighted by Gasteiger charge is 2.21. The second-order valence-electron chi connectivity index (χ2n) is 8.40. The summed E-state index contributed by atoms with van der Waals surface area (Å²) < 4.78 is 5.36. The second kappa shape index (κ2) is 10.7. The van der Waals surface area contributed by atoms with Gasteiger partial charge in [-0.3, -0.25) is 9.59 Å². The zero-order valence-electron chi connectivity index (χ0n) is 19.4. The van der Waals surface area contributed by atoms with Crippen LogP contribution < -0.4 is 10.2 Å². The number of carbonyl (C=O) groups excluding carboxylic acids is 2. The maximum absolute atomic E-state index is 13.2. The Hall–Kier alpha value is -4.12. The Balaban J connectivity index is 1.47. The van der Waals surface area contributed by atoms with Crippen LogP contribution in [0.1, 0.15) is 45.8 Å². The highest BCUT2D eigenvalue weighted by molar-refractivity contribution is 6.04. The zero-order valence-corrected chi connectivity index (χ0v) is 19.4. The average Bonchev–Trinajstić information content (AvgIpc) is 3.39. The largest absolute Gasteiger partial charge is 0.459 e. The lowest BCUT2D eigenvalue weighted by molar-refractivity contribution is -0.121. The third-order valence-corrected chi connectivity index (χ3v) is 5.73. The minimum atomic E-state index is -0.215. The lowest BCUT2D eigenvalue weighted by Gasteiger charge is -2.22. The summed E-state index contributed by atoms with van der Waals surface area (Å²) in [6, 6.07) is 28.8. The van der Waals surface area contributed by atoms with E-state index in [1.54, 1.807) is 17.0 Å². The fourth-order valence-electron chi connectivity index (χ4n) is 3.79. The van der Waals surface area contributed by atoms with Gasteiger partial charge < -0.3 is 14.6 Å². The molecular formula is C29H28N2O3. The van der Waals surface area contributed by atoms with Crippen LogP contribution >= 0.6 is 0 Å². The first-order valence-corrected chi connectivity index (χ1v) is 11.3. The molecule has 0 aliphatic carbocycles. The standard InChI is InChI=1S/C29H28N2O3/c1-21-10-12-24(13-11-21)20-31(29(33)27-9-6-18-34-27)26-16-14-23(15-17-26)19-28(32)30-22(2)25-7-4-3-5-8-25/h3-18,22H,19-20H2,1-2H3,(H,30,32). The summed E-state index contributed by atoms with van der Waals surface area (Å²) in [7, 11) is 0. The van der Waals surface area contributed by atoms with Crippen molar-refractivity contribution >= 4 is 17.5 Å². The summed E-state index contributed by atoms with van der Waals surface area (Å²) in [5, 5.41) is 3.04. The van der Waals surface area contributed by atoms with Gasteiger partial charge in [-0.2, -0.15) is 0 Å². The van der Waals surface area contributed by atoms with Crippen LogP contribution in [-0.4, -0.2) is 11.8 Å². The molecule has 172 valence electrons. The lowest BCUT2D eigenvalue weighted by atomic mass is 10.1. The molecule has 34 heavy (non-hydrogen) atoms. The number of hydrogen-bond acceptors (Lipinski definition) is 3. The number of hydrogen-bond donors (Lipinski definition) is 1. The molecule has 1 aromatic heterocycles. The first-order valence-electron chi connectivity index (χ1n) is 11.3. The van der Waals surface area contributed by atoms with Gasteiger partial charge in [-0.25, -0.2) is 0 Å². The summed E-state index contributed by atoms with van der Waals surface area (Å²) in [5.74, 6) is 0.0190. The van der Waals surface area contributed by atoms with Gasteiger partial charge in [0, 0.05) is 5.69 Å². The monoisotopic (exact) mass is 452 g/mol. The van der Waals surface area contributed by atoms with E-state index in [-0.39, 0.29) is 30.0 Å². The maximum Gasteiger partial charge on any atom is 0.294 e. The van der Waals surface area contributed by atoms with Crippen LogP contribution in [-0.2, 0) is 17.8 Å². The van der Waals surface area contributed by atoms with Crippen LogP contribution in [0, 0.1) is 6.92 Å². The van der Waals surface area contributed by atoms with E-state index in [2.05, 4.69) is 5.32 Å². The average molecular weight is 453 g/mol. The SMILES string of the molecule is Cc1ccc(CN(C(=O)c2ccco2)c2ccc(CC(=O)NC(C)c3ccccc3)cc2)cc1. The fraction of sp³-hybridized carbons (Fsp3) is 0.172. The van der Waals surface area contributed by atoms with E-state index in [4.69, 9.17) is 4.42 Å². The Bertz CT molecular complexity index is 1210. The Labute approximate surface area is 200 Å². The fourth-order valence-corrected chi connectivity index (χ4v) is 3.79.